The monoisotopic (exact) mass is 376 g/mol. The maximum Gasteiger partial charge on any atom is 0.228 e. The Balaban J connectivity index is 1.55. The first-order chi connectivity index (χ1) is 13.6. The molecule has 28 heavy (non-hydrogen) atoms. The lowest BCUT2D eigenvalue weighted by atomic mass is 10.0. The molecule has 4 nitrogen and oxygen atoms in total. The molecule has 2 aromatic carbocycles. The molecule has 4 rings (SSSR count). The fourth-order valence-corrected chi connectivity index (χ4v) is 4.60. The van der Waals surface area contributed by atoms with Crippen LogP contribution in [0.4, 0.5) is 17.1 Å². The van der Waals surface area contributed by atoms with Crippen molar-refractivity contribution in [2.75, 3.05) is 10.2 Å². The third kappa shape index (κ3) is 3.96. The van der Waals surface area contributed by atoms with E-state index < -0.39 is 0 Å². The lowest BCUT2D eigenvalue weighted by molar-refractivity contribution is -0.117. The molecule has 4 heteroatoms. The van der Waals surface area contributed by atoms with E-state index in [-0.39, 0.29) is 11.8 Å². The molecule has 0 spiro atoms. The summed E-state index contributed by atoms with van der Waals surface area (Å²) in [5.74, 6) is 0.762. The van der Waals surface area contributed by atoms with Crippen LogP contribution >= 0.6 is 0 Å². The third-order valence-corrected chi connectivity index (χ3v) is 6.08. The molecule has 1 heterocycles. The second-order valence-corrected chi connectivity index (χ2v) is 8.06. The summed E-state index contributed by atoms with van der Waals surface area (Å²) in [6.45, 7) is 1.60. The van der Waals surface area contributed by atoms with Gasteiger partial charge in [-0.15, -0.1) is 0 Å². The highest BCUT2D eigenvalue weighted by Crippen LogP contribution is 2.37. The Morgan fingerprint density at radius 3 is 2.46 bits per heavy atom. The summed E-state index contributed by atoms with van der Waals surface area (Å²) in [4.78, 5) is 26.7. The van der Waals surface area contributed by atoms with Crippen LogP contribution in [-0.4, -0.2) is 11.8 Å². The Kier molecular flexibility index (Phi) is 5.47. The van der Waals surface area contributed by atoms with Crippen molar-refractivity contribution in [3.05, 3.63) is 53.6 Å². The smallest absolute Gasteiger partial charge is 0.228 e. The van der Waals surface area contributed by atoms with Crippen LogP contribution in [0.2, 0.25) is 0 Å². The fraction of sp³-hybridized carbons (Fsp3) is 0.417. The highest BCUT2D eigenvalue weighted by molar-refractivity contribution is 6.02. The number of rotatable bonds is 4. The predicted molar refractivity (Wildman–Crippen MR) is 113 cm³/mol. The Bertz CT molecular complexity index is 884. The zero-order valence-electron chi connectivity index (χ0n) is 16.5. The van der Waals surface area contributed by atoms with E-state index in [4.69, 9.17) is 0 Å². The normalized spacial score (nSPS) is 16.2. The maximum atomic E-state index is 12.5. The van der Waals surface area contributed by atoms with E-state index in [1.54, 1.807) is 11.8 Å². The number of carbonyl (C=O) groups is 2. The molecule has 1 aliphatic carbocycles. The number of nitrogens with zero attached hydrogens (tertiary/aromatic N) is 1. The summed E-state index contributed by atoms with van der Waals surface area (Å²) in [5, 5.41) is 3.04. The Morgan fingerprint density at radius 2 is 1.71 bits per heavy atom. The summed E-state index contributed by atoms with van der Waals surface area (Å²) in [6, 6.07) is 14.0. The number of para-hydroxylation sites is 1. The summed E-state index contributed by atoms with van der Waals surface area (Å²) >= 11 is 0. The van der Waals surface area contributed by atoms with Crippen LogP contribution in [0.5, 0.6) is 0 Å². The van der Waals surface area contributed by atoms with Crippen molar-refractivity contribution < 1.29 is 9.59 Å². The van der Waals surface area contributed by atoms with Gasteiger partial charge in [-0.3, -0.25) is 14.5 Å². The van der Waals surface area contributed by atoms with Gasteiger partial charge in [0.05, 0.1) is 11.4 Å². The molecule has 2 aliphatic rings. The Morgan fingerprint density at radius 1 is 1.00 bits per heavy atom. The second-order valence-electron chi connectivity index (χ2n) is 8.06. The number of fused-ring (bicyclic) bond motifs is 2. The zero-order chi connectivity index (χ0) is 19.5. The van der Waals surface area contributed by atoms with Gasteiger partial charge in [-0.2, -0.15) is 0 Å². The number of nitrogens with one attached hydrogen (secondary N) is 1. The molecule has 0 atom stereocenters. The van der Waals surface area contributed by atoms with E-state index in [0.717, 1.165) is 41.9 Å². The molecular formula is C24H28N2O2. The van der Waals surface area contributed by atoms with Gasteiger partial charge in [-0.05, 0) is 54.5 Å². The standard InChI is InChI=1S/C24H28N2O2/c1-17(27)26-22-9-5-4-8-19(22)11-12-20-13-14-21(16-23(20)26)25-24(28)15-10-18-6-2-3-7-18/h4-5,8-9,13-14,16,18H,2-3,6-7,10-12,15H2,1H3,(H,25,28). The largest absolute Gasteiger partial charge is 0.326 e. The van der Waals surface area contributed by atoms with Crippen LogP contribution < -0.4 is 10.2 Å². The minimum absolute atomic E-state index is 0.0136. The number of aryl methyl sites for hydroxylation is 2. The first-order valence-electron chi connectivity index (χ1n) is 10.4. The lowest BCUT2D eigenvalue weighted by Gasteiger charge is -2.24. The quantitative estimate of drug-likeness (QED) is 0.779. The van der Waals surface area contributed by atoms with Crippen LogP contribution in [0, 0.1) is 5.92 Å². The van der Waals surface area contributed by atoms with Crippen molar-refractivity contribution >= 4 is 28.9 Å². The van der Waals surface area contributed by atoms with E-state index in [2.05, 4.69) is 11.4 Å². The number of benzene rings is 2. The van der Waals surface area contributed by atoms with E-state index >= 15 is 0 Å². The average Bonchev–Trinajstić information content (AvgIpc) is 3.14. The fourth-order valence-electron chi connectivity index (χ4n) is 4.60. The highest BCUT2D eigenvalue weighted by Gasteiger charge is 2.24. The number of amides is 2. The molecule has 0 unspecified atom stereocenters. The SMILES string of the molecule is CC(=O)N1c2ccccc2CCc2ccc(NC(=O)CCC3CCCC3)cc21. The van der Waals surface area contributed by atoms with Crippen molar-refractivity contribution in [1.82, 2.24) is 0 Å². The van der Waals surface area contributed by atoms with Crippen LogP contribution in [0.1, 0.15) is 56.6 Å². The van der Waals surface area contributed by atoms with Crippen molar-refractivity contribution in [3.63, 3.8) is 0 Å². The van der Waals surface area contributed by atoms with E-state index in [1.807, 2.05) is 36.4 Å². The molecule has 2 aromatic rings. The summed E-state index contributed by atoms with van der Waals surface area (Å²) in [6.07, 6.45) is 8.47. The molecule has 0 aromatic heterocycles. The molecule has 1 N–H and O–H groups in total. The summed E-state index contributed by atoms with van der Waals surface area (Å²) in [7, 11) is 0. The molecule has 1 saturated carbocycles. The maximum absolute atomic E-state index is 12.5. The topological polar surface area (TPSA) is 49.4 Å². The Hall–Kier alpha value is -2.62. The molecule has 146 valence electrons. The first-order valence-corrected chi connectivity index (χ1v) is 10.4. The number of hydrogen-bond acceptors (Lipinski definition) is 2. The van der Waals surface area contributed by atoms with Gasteiger partial charge >= 0.3 is 0 Å². The van der Waals surface area contributed by atoms with Crippen LogP contribution in [0.25, 0.3) is 0 Å². The molecule has 2 amide bonds. The molecule has 0 bridgehead atoms. The van der Waals surface area contributed by atoms with Crippen molar-refractivity contribution in [2.24, 2.45) is 5.92 Å². The van der Waals surface area contributed by atoms with Crippen molar-refractivity contribution in [2.45, 2.75) is 58.3 Å². The number of hydrogen-bond donors (Lipinski definition) is 1. The second kappa shape index (κ2) is 8.17. The minimum atomic E-state index is -0.0136. The molecule has 1 fully saturated rings. The molecule has 0 saturated heterocycles. The number of anilines is 3. The van der Waals surface area contributed by atoms with Gasteiger partial charge in [-0.1, -0.05) is 49.9 Å². The molecule has 0 radical (unpaired) electrons. The Labute approximate surface area is 166 Å². The summed E-state index contributed by atoms with van der Waals surface area (Å²) < 4.78 is 0. The van der Waals surface area contributed by atoms with Crippen molar-refractivity contribution in [1.29, 1.82) is 0 Å². The van der Waals surface area contributed by atoms with Gasteiger partial charge in [0.2, 0.25) is 11.8 Å². The van der Waals surface area contributed by atoms with E-state index in [0.29, 0.717) is 12.3 Å². The van der Waals surface area contributed by atoms with E-state index in [1.165, 1.54) is 31.2 Å². The molecular weight excluding hydrogens is 348 g/mol. The summed E-state index contributed by atoms with van der Waals surface area (Å²) in [5.41, 5.74) is 4.90. The van der Waals surface area contributed by atoms with Gasteiger partial charge in [0.25, 0.3) is 0 Å². The van der Waals surface area contributed by atoms with Gasteiger partial charge in [0.1, 0.15) is 0 Å². The van der Waals surface area contributed by atoms with Gasteiger partial charge < -0.3 is 5.32 Å². The highest BCUT2D eigenvalue weighted by atomic mass is 16.2. The van der Waals surface area contributed by atoms with Crippen molar-refractivity contribution in [3.8, 4) is 0 Å². The van der Waals surface area contributed by atoms with E-state index in [9.17, 15) is 9.59 Å². The van der Waals surface area contributed by atoms with Crippen LogP contribution in [-0.2, 0) is 22.4 Å². The minimum Gasteiger partial charge on any atom is -0.326 e. The zero-order valence-corrected chi connectivity index (χ0v) is 16.5. The lowest BCUT2D eigenvalue weighted by Crippen LogP contribution is -2.24. The van der Waals surface area contributed by atoms with Gasteiger partial charge in [-0.25, -0.2) is 0 Å². The first kappa shape index (κ1) is 18.7. The average molecular weight is 377 g/mol. The van der Waals surface area contributed by atoms with Gasteiger partial charge in [0.15, 0.2) is 0 Å². The van der Waals surface area contributed by atoms with Gasteiger partial charge in [0, 0.05) is 19.0 Å². The third-order valence-electron chi connectivity index (χ3n) is 6.08. The number of carbonyl (C=O) groups excluding carboxylic acids is 2. The van der Waals surface area contributed by atoms with Crippen LogP contribution in [0.15, 0.2) is 42.5 Å². The molecule has 1 aliphatic heterocycles. The predicted octanol–water partition coefficient (Wildman–Crippen LogP) is 5.38. The van der Waals surface area contributed by atoms with Crippen LogP contribution in [0.3, 0.4) is 0 Å².